The first-order valence-electron chi connectivity index (χ1n) is 4.93. The van der Waals surface area contributed by atoms with Gasteiger partial charge in [-0.3, -0.25) is 9.78 Å². The SMILES string of the molecule is CN(C)c1ccnc2c(CC(=O)O)c[nH]c12. The zero-order valence-electron chi connectivity index (χ0n) is 9.19. The number of nitrogens with one attached hydrogen (secondary N) is 1. The van der Waals surface area contributed by atoms with Crippen LogP contribution in [0.15, 0.2) is 18.5 Å². The number of rotatable bonds is 3. The lowest BCUT2D eigenvalue weighted by Gasteiger charge is -2.12. The Morgan fingerprint density at radius 2 is 2.31 bits per heavy atom. The van der Waals surface area contributed by atoms with Crippen LogP contribution in [-0.4, -0.2) is 35.1 Å². The number of H-pyrrole nitrogens is 1. The molecule has 84 valence electrons. The zero-order chi connectivity index (χ0) is 11.7. The number of anilines is 1. The van der Waals surface area contributed by atoms with E-state index in [0.29, 0.717) is 5.56 Å². The van der Waals surface area contributed by atoms with E-state index in [4.69, 9.17) is 5.11 Å². The first kappa shape index (κ1) is 10.5. The van der Waals surface area contributed by atoms with Gasteiger partial charge < -0.3 is 15.0 Å². The van der Waals surface area contributed by atoms with E-state index in [1.54, 1.807) is 12.4 Å². The van der Waals surface area contributed by atoms with E-state index in [1.807, 2.05) is 25.1 Å². The highest BCUT2D eigenvalue weighted by Gasteiger charge is 2.11. The van der Waals surface area contributed by atoms with Gasteiger partial charge in [-0.05, 0) is 6.07 Å². The zero-order valence-corrected chi connectivity index (χ0v) is 9.19. The number of pyridine rings is 1. The number of aromatic amines is 1. The fourth-order valence-electron chi connectivity index (χ4n) is 1.74. The molecule has 0 fully saturated rings. The van der Waals surface area contributed by atoms with Gasteiger partial charge in [0, 0.05) is 32.1 Å². The molecule has 0 radical (unpaired) electrons. The van der Waals surface area contributed by atoms with Crippen LogP contribution in [0.2, 0.25) is 0 Å². The summed E-state index contributed by atoms with van der Waals surface area (Å²) in [6.07, 6.45) is 3.39. The Bertz CT molecular complexity index is 531. The van der Waals surface area contributed by atoms with Crippen molar-refractivity contribution in [3.8, 4) is 0 Å². The van der Waals surface area contributed by atoms with Gasteiger partial charge in [0.2, 0.25) is 0 Å². The molecule has 2 rings (SSSR count). The molecule has 0 aromatic carbocycles. The summed E-state index contributed by atoms with van der Waals surface area (Å²) in [7, 11) is 3.87. The van der Waals surface area contributed by atoms with Crippen LogP contribution in [0.5, 0.6) is 0 Å². The highest BCUT2D eigenvalue weighted by molar-refractivity contribution is 5.92. The molecule has 0 saturated heterocycles. The van der Waals surface area contributed by atoms with Gasteiger partial charge in [0.05, 0.1) is 23.1 Å². The third-order valence-corrected chi connectivity index (χ3v) is 2.45. The number of carbonyl (C=O) groups is 1. The van der Waals surface area contributed by atoms with Crippen molar-refractivity contribution in [3.05, 3.63) is 24.0 Å². The quantitative estimate of drug-likeness (QED) is 0.815. The predicted octanol–water partition coefficient (Wildman–Crippen LogP) is 1.26. The molecule has 5 heteroatoms. The number of aromatic nitrogens is 2. The topological polar surface area (TPSA) is 69.2 Å². The van der Waals surface area contributed by atoms with E-state index in [1.165, 1.54) is 0 Å². The average molecular weight is 219 g/mol. The maximum atomic E-state index is 10.7. The number of carboxylic acids is 1. The van der Waals surface area contributed by atoms with Gasteiger partial charge in [-0.2, -0.15) is 0 Å². The molecule has 0 amide bonds. The number of aliphatic carboxylic acids is 1. The lowest BCUT2D eigenvalue weighted by molar-refractivity contribution is -0.136. The van der Waals surface area contributed by atoms with Crippen molar-refractivity contribution in [2.75, 3.05) is 19.0 Å². The maximum Gasteiger partial charge on any atom is 0.307 e. The minimum absolute atomic E-state index is 0.0100. The lowest BCUT2D eigenvalue weighted by atomic mass is 10.2. The number of fused-ring (bicyclic) bond motifs is 1. The van der Waals surface area contributed by atoms with Crippen molar-refractivity contribution in [2.45, 2.75) is 6.42 Å². The van der Waals surface area contributed by atoms with E-state index in [0.717, 1.165) is 16.7 Å². The van der Waals surface area contributed by atoms with E-state index >= 15 is 0 Å². The van der Waals surface area contributed by atoms with Crippen molar-refractivity contribution in [3.63, 3.8) is 0 Å². The number of nitrogens with zero attached hydrogens (tertiary/aromatic N) is 2. The second-order valence-electron chi connectivity index (χ2n) is 3.83. The Labute approximate surface area is 92.7 Å². The molecule has 16 heavy (non-hydrogen) atoms. The van der Waals surface area contributed by atoms with Crippen molar-refractivity contribution < 1.29 is 9.90 Å². The Balaban J connectivity index is 2.57. The van der Waals surface area contributed by atoms with Crippen molar-refractivity contribution in [1.29, 1.82) is 0 Å². The molecular formula is C11H13N3O2. The lowest BCUT2D eigenvalue weighted by Crippen LogP contribution is -2.09. The second kappa shape index (κ2) is 3.84. The summed E-state index contributed by atoms with van der Waals surface area (Å²) in [4.78, 5) is 19.9. The van der Waals surface area contributed by atoms with Gasteiger partial charge in [-0.15, -0.1) is 0 Å². The molecule has 0 aliphatic carbocycles. The smallest absolute Gasteiger partial charge is 0.307 e. The summed E-state index contributed by atoms with van der Waals surface area (Å²) < 4.78 is 0. The van der Waals surface area contributed by atoms with Gasteiger partial charge in [-0.1, -0.05) is 0 Å². The molecule has 0 aliphatic rings. The van der Waals surface area contributed by atoms with E-state index in [9.17, 15) is 4.79 Å². The largest absolute Gasteiger partial charge is 0.481 e. The standard InChI is InChI=1S/C11H13N3O2/c1-14(2)8-3-4-12-10-7(5-9(15)16)6-13-11(8)10/h3-4,6,13H,5H2,1-2H3,(H,15,16). The molecule has 0 atom stereocenters. The highest BCUT2D eigenvalue weighted by Crippen LogP contribution is 2.25. The maximum absolute atomic E-state index is 10.7. The number of hydrogen-bond donors (Lipinski definition) is 2. The Kier molecular flexibility index (Phi) is 2.52. The van der Waals surface area contributed by atoms with Crippen LogP contribution in [0, 0.1) is 0 Å². The molecule has 2 aromatic heterocycles. The fourth-order valence-corrected chi connectivity index (χ4v) is 1.74. The first-order valence-corrected chi connectivity index (χ1v) is 4.93. The third kappa shape index (κ3) is 1.71. The van der Waals surface area contributed by atoms with Gasteiger partial charge in [0.25, 0.3) is 0 Å². The monoisotopic (exact) mass is 219 g/mol. The van der Waals surface area contributed by atoms with Crippen LogP contribution < -0.4 is 4.90 Å². The van der Waals surface area contributed by atoms with Gasteiger partial charge in [0.15, 0.2) is 0 Å². The molecule has 2 aromatic rings. The summed E-state index contributed by atoms with van der Waals surface area (Å²) in [6, 6.07) is 1.89. The number of carboxylic acid groups (broad SMARTS) is 1. The van der Waals surface area contributed by atoms with Crippen LogP contribution >= 0.6 is 0 Å². The average Bonchev–Trinajstić information content (AvgIpc) is 2.60. The molecule has 0 saturated carbocycles. The van der Waals surface area contributed by atoms with Crippen LogP contribution in [0.25, 0.3) is 11.0 Å². The minimum Gasteiger partial charge on any atom is -0.481 e. The molecule has 2 heterocycles. The summed E-state index contributed by atoms with van der Waals surface area (Å²) >= 11 is 0. The Morgan fingerprint density at radius 3 is 2.94 bits per heavy atom. The van der Waals surface area contributed by atoms with Crippen LogP contribution in [0.1, 0.15) is 5.56 Å². The van der Waals surface area contributed by atoms with Gasteiger partial charge in [0.1, 0.15) is 0 Å². The van der Waals surface area contributed by atoms with E-state index < -0.39 is 5.97 Å². The van der Waals surface area contributed by atoms with Gasteiger partial charge >= 0.3 is 5.97 Å². The molecule has 0 aliphatic heterocycles. The van der Waals surface area contributed by atoms with E-state index in [2.05, 4.69) is 9.97 Å². The molecule has 0 unspecified atom stereocenters. The predicted molar refractivity (Wildman–Crippen MR) is 61.8 cm³/mol. The van der Waals surface area contributed by atoms with Crippen LogP contribution in [0.3, 0.4) is 0 Å². The summed E-state index contributed by atoms with van der Waals surface area (Å²) in [5, 5.41) is 8.77. The normalized spacial score (nSPS) is 10.6. The summed E-state index contributed by atoms with van der Waals surface area (Å²) in [5.74, 6) is -0.849. The van der Waals surface area contributed by atoms with Crippen LogP contribution in [0.4, 0.5) is 5.69 Å². The number of hydrogen-bond acceptors (Lipinski definition) is 3. The first-order chi connectivity index (χ1) is 7.59. The molecule has 5 nitrogen and oxygen atoms in total. The molecule has 2 N–H and O–H groups in total. The summed E-state index contributed by atoms with van der Waals surface area (Å²) in [5.41, 5.74) is 3.32. The fraction of sp³-hybridized carbons (Fsp3) is 0.273. The van der Waals surface area contributed by atoms with Crippen LogP contribution in [-0.2, 0) is 11.2 Å². The molecule has 0 spiro atoms. The van der Waals surface area contributed by atoms with Gasteiger partial charge in [-0.25, -0.2) is 0 Å². The Morgan fingerprint density at radius 1 is 1.56 bits per heavy atom. The summed E-state index contributed by atoms with van der Waals surface area (Å²) in [6.45, 7) is 0. The second-order valence-corrected chi connectivity index (χ2v) is 3.83. The molecule has 0 bridgehead atoms. The minimum atomic E-state index is -0.849. The van der Waals surface area contributed by atoms with E-state index in [-0.39, 0.29) is 6.42 Å². The van der Waals surface area contributed by atoms with Crippen molar-refractivity contribution in [1.82, 2.24) is 9.97 Å². The van der Waals surface area contributed by atoms with Crippen molar-refractivity contribution in [2.24, 2.45) is 0 Å². The van der Waals surface area contributed by atoms with Crippen molar-refractivity contribution >= 4 is 22.7 Å². The third-order valence-electron chi connectivity index (χ3n) is 2.45. The molecular weight excluding hydrogens is 206 g/mol. The highest BCUT2D eigenvalue weighted by atomic mass is 16.4. The Hall–Kier alpha value is -2.04.